The maximum Gasteiger partial charge on any atom is 0.214 e. The molecule has 1 aliphatic heterocycles. The Bertz CT molecular complexity index is 332. The Morgan fingerprint density at radius 1 is 1.53 bits per heavy atom. The molecule has 1 rings (SSSR count). The topological polar surface area (TPSA) is 61.2 Å². The van der Waals surface area contributed by atoms with Gasteiger partial charge in [-0.1, -0.05) is 13.3 Å². The second-order valence-corrected chi connectivity index (χ2v) is 6.08. The SMILES string of the molecule is CCCCS(=O)(=O)N1CCC[C@H](C#N)C1. The summed E-state index contributed by atoms with van der Waals surface area (Å²) in [5.74, 6) is 0.108. The summed E-state index contributed by atoms with van der Waals surface area (Å²) in [5.41, 5.74) is 0. The first-order valence-corrected chi connectivity index (χ1v) is 7.08. The summed E-state index contributed by atoms with van der Waals surface area (Å²) in [7, 11) is -3.11. The molecular weight excluding hydrogens is 212 g/mol. The first-order chi connectivity index (χ1) is 7.10. The lowest BCUT2D eigenvalue weighted by molar-refractivity contribution is 0.305. The van der Waals surface area contributed by atoms with Gasteiger partial charge < -0.3 is 0 Å². The van der Waals surface area contributed by atoms with Gasteiger partial charge in [0, 0.05) is 13.1 Å². The van der Waals surface area contributed by atoms with Crippen molar-refractivity contribution < 1.29 is 8.42 Å². The standard InChI is InChI=1S/C10H18N2O2S/c1-2-3-7-15(13,14)12-6-4-5-10(8-11)9-12/h10H,2-7,9H2,1H3/t10-/m1/s1. The highest BCUT2D eigenvalue weighted by atomic mass is 32.2. The zero-order chi connectivity index (χ0) is 11.3. The van der Waals surface area contributed by atoms with Gasteiger partial charge in [-0.15, -0.1) is 0 Å². The molecule has 0 amide bonds. The Morgan fingerprint density at radius 2 is 2.27 bits per heavy atom. The highest BCUT2D eigenvalue weighted by molar-refractivity contribution is 7.89. The van der Waals surface area contributed by atoms with Gasteiger partial charge >= 0.3 is 0 Å². The summed E-state index contributed by atoms with van der Waals surface area (Å²) in [5, 5.41) is 8.78. The maximum absolute atomic E-state index is 11.8. The first kappa shape index (κ1) is 12.5. The van der Waals surface area contributed by atoms with Crippen molar-refractivity contribution in [1.29, 1.82) is 5.26 Å². The molecule has 0 aliphatic carbocycles. The number of unbranched alkanes of at least 4 members (excludes halogenated alkanes) is 1. The minimum atomic E-state index is -3.11. The van der Waals surface area contributed by atoms with E-state index >= 15 is 0 Å². The molecule has 0 aromatic carbocycles. The molecule has 0 saturated carbocycles. The second kappa shape index (κ2) is 5.47. The van der Waals surface area contributed by atoms with Crippen molar-refractivity contribution in [3.8, 4) is 6.07 Å². The van der Waals surface area contributed by atoms with Gasteiger partial charge in [0.05, 0.1) is 17.7 Å². The van der Waals surface area contributed by atoms with E-state index in [0.717, 1.165) is 19.3 Å². The maximum atomic E-state index is 11.8. The van der Waals surface area contributed by atoms with Crippen LogP contribution >= 0.6 is 0 Å². The van der Waals surface area contributed by atoms with Gasteiger partial charge in [-0.3, -0.25) is 0 Å². The Hall–Kier alpha value is -0.600. The van der Waals surface area contributed by atoms with Crippen LogP contribution in [0.25, 0.3) is 0 Å². The zero-order valence-electron chi connectivity index (χ0n) is 9.15. The Balaban J connectivity index is 2.59. The third kappa shape index (κ3) is 3.47. The van der Waals surface area contributed by atoms with E-state index in [2.05, 4.69) is 6.07 Å². The quantitative estimate of drug-likeness (QED) is 0.732. The Kier molecular flexibility index (Phi) is 4.55. The lowest BCUT2D eigenvalue weighted by Gasteiger charge is -2.28. The molecule has 0 N–H and O–H groups in total. The van der Waals surface area contributed by atoms with Crippen molar-refractivity contribution >= 4 is 10.0 Å². The van der Waals surface area contributed by atoms with Crippen LogP contribution in [0, 0.1) is 17.2 Å². The Labute approximate surface area is 91.9 Å². The van der Waals surface area contributed by atoms with Crippen molar-refractivity contribution in [2.75, 3.05) is 18.8 Å². The summed E-state index contributed by atoms with van der Waals surface area (Å²) in [6.45, 7) is 2.95. The summed E-state index contributed by atoms with van der Waals surface area (Å²) >= 11 is 0. The van der Waals surface area contributed by atoms with Crippen LogP contribution in [0.1, 0.15) is 32.6 Å². The number of hydrogen-bond acceptors (Lipinski definition) is 3. The second-order valence-electron chi connectivity index (χ2n) is 4.00. The van der Waals surface area contributed by atoms with Crippen LogP contribution in [0.15, 0.2) is 0 Å². The van der Waals surface area contributed by atoms with Crippen LogP contribution in [0.2, 0.25) is 0 Å². The summed E-state index contributed by atoms with van der Waals surface area (Å²) < 4.78 is 25.1. The van der Waals surface area contributed by atoms with Crippen LogP contribution in [0.4, 0.5) is 0 Å². The van der Waals surface area contributed by atoms with Crippen LogP contribution in [-0.2, 0) is 10.0 Å². The first-order valence-electron chi connectivity index (χ1n) is 5.47. The van der Waals surface area contributed by atoms with Gasteiger partial charge in [-0.05, 0) is 19.3 Å². The molecule has 15 heavy (non-hydrogen) atoms. The minimum absolute atomic E-state index is 0.116. The molecule has 5 heteroatoms. The van der Waals surface area contributed by atoms with Gasteiger partial charge in [-0.2, -0.15) is 5.26 Å². The summed E-state index contributed by atoms with van der Waals surface area (Å²) in [4.78, 5) is 0. The molecule has 0 spiro atoms. The highest BCUT2D eigenvalue weighted by Gasteiger charge is 2.27. The van der Waals surface area contributed by atoms with Crippen molar-refractivity contribution in [1.82, 2.24) is 4.31 Å². The molecule has 1 atom stereocenters. The normalized spacial score (nSPS) is 23.6. The fourth-order valence-corrected chi connectivity index (χ4v) is 3.48. The third-order valence-corrected chi connectivity index (χ3v) is 4.64. The van der Waals surface area contributed by atoms with E-state index in [1.54, 1.807) is 0 Å². The van der Waals surface area contributed by atoms with E-state index in [-0.39, 0.29) is 11.7 Å². The van der Waals surface area contributed by atoms with E-state index in [4.69, 9.17) is 5.26 Å². The van der Waals surface area contributed by atoms with Gasteiger partial charge in [0.1, 0.15) is 0 Å². The van der Waals surface area contributed by atoms with Crippen molar-refractivity contribution in [2.24, 2.45) is 5.92 Å². The highest BCUT2D eigenvalue weighted by Crippen LogP contribution is 2.19. The minimum Gasteiger partial charge on any atom is -0.212 e. The van der Waals surface area contributed by atoms with Crippen molar-refractivity contribution in [3.05, 3.63) is 0 Å². The van der Waals surface area contributed by atoms with Crippen molar-refractivity contribution in [3.63, 3.8) is 0 Å². The number of nitriles is 1. The zero-order valence-corrected chi connectivity index (χ0v) is 9.96. The molecule has 1 heterocycles. The number of hydrogen-bond donors (Lipinski definition) is 0. The summed E-state index contributed by atoms with van der Waals surface area (Å²) in [6, 6.07) is 2.16. The Morgan fingerprint density at radius 3 is 2.87 bits per heavy atom. The van der Waals surface area contributed by atoms with E-state index in [1.807, 2.05) is 6.92 Å². The molecule has 1 saturated heterocycles. The van der Waals surface area contributed by atoms with Crippen LogP contribution < -0.4 is 0 Å². The van der Waals surface area contributed by atoms with Gasteiger partial charge in [0.25, 0.3) is 0 Å². The number of sulfonamides is 1. The molecule has 86 valence electrons. The van der Waals surface area contributed by atoms with Crippen molar-refractivity contribution in [2.45, 2.75) is 32.6 Å². The summed E-state index contributed by atoms with van der Waals surface area (Å²) in [6.07, 6.45) is 3.23. The molecule has 4 nitrogen and oxygen atoms in total. The monoisotopic (exact) mass is 230 g/mol. The van der Waals surface area contributed by atoms with E-state index < -0.39 is 10.0 Å². The molecule has 0 radical (unpaired) electrons. The fraction of sp³-hybridized carbons (Fsp3) is 0.900. The largest absolute Gasteiger partial charge is 0.214 e. The van der Waals surface area contributed by atoms with E-state index in [0.29, 0.717) is 19.5 Å². The van der Waals surface area contributed by atoms with E-state index in [1.165, 1.54) is 4.31 Å². The fourth-order valence-electron chi connectivity index (χ4n) is 1.76. The van der Waals surface area contributed by atoms with Gasteiger partial charge in [-0.25, -0.2) is 12.7 Å². The van der Waals surface area contributed by atoms with Crippen LogP contribution in [-0.4, -0.2) is 31.6 Å². The van der Waals surface area contributed by atoms with Gasteiger partial charge in [0.2, 0.25) is 10.0 Å². The predicted molar refractivity (Wildman–Crippen MR) is 58.6 cm³/mol. The lowest BCUT2D eigenvalue weighted by atomic mass is 10.0. The molecule has 1 aliphatic rings. The van der Waals surface area contributed by atoms with Crippen LogP contribution in [0.3, 0.4) is 0 Å². The number of nitrogens with zero attached hydrogens (tertiary/aromatic N) is 2. The average molecular weight is 230 g/mol. The van der Waals surface area contributed by atoms with E-state index in [9.17, 15) is 8.42 Å². The molecule has 1 fully saturated rings. The lowest BCUT2D eigenvalue weighted by Crippen LogP contribution is -2.40. The molecular formula is C10H18N2O2S. The average Bonchev–Trinajstić information content (AvgIpc) is 2.26. The molecule has 0 aromatic rings. The predicted octanol–water partition coefficient (Wildman–Crippen LogP) is 1.35. The third-order valence-electron chi connectivity index (χ3n) is 2.72. The van der Waals surface area contributed by atoms with Gasteiger partial charge in [0.15, 0.2) is 0 Å². The number of rotatable bonds is 4. The van der Waals surface area contributed by atoms with Crippen LogP contribution in [0.5, 0.6) is 0 Å². The smallest absolute Gasteiger partial charge is 0.212 e. The molecule has 0 aromatic heterocycles. The number of piperidine rings is 1. The molecule has 0 unspecified atom stereocenters. The molecule has 0 bridgehead atoms.